The van der Waals surface area contributed by atoms with E-state index in [1.165, 1.54) is 0 Å². The molecular weight excluding hydrogens is 288 g/mol. The second kappa shape index (κ2) is 5.88. The lowest BCUT2D eigenvalue weighted by molar-refractivity contribution is -0.152. The molecule has 1 saturated carbocycles. The van der Waals surface area contributed by atoms with Gasteiger partial charge >= 0.3 is 5.97 Å². The van der Waals surface area contributed by atoms with Gasteiger partial charge in [-0.2, -0.15) is 0 Å². The van der Waals surface area contributed by atoms with Crippen molar-refractivity contribution in [2.45, 2.75) is 46.0 Å². The fourth-order valence-corrected chi connectivity index (χ4v) is 3.32. The minimum atomic E-state index is -0.708. The van der Waals surface area contributed by atoms with Crippen LogP contribution in [0.15, 0.2) is 18.2 Å². The molecule has 2 rings (SSSR count). The molecule has 3 nitrogen and oxygen atoms in total. The first kappa shape index (κ1) is 16.2. The predicted octanol–water partition coefficient (Wildman–Crippen LogP) is 4.56. The number of aliphatic carboxylic acids is 1. The van der Waals surface area contributed by atoms with Crippen molar-refractivity contribution in [2.24, 2.45) is 10.8 Å². The van der Waals surface area contributed by atoms with Gasteiger partial charge in [0.2, 0.25) is 0 Å². The van der Waals surface area contributed by atoms with Crippen LogP contribution in [0.4, 0.5) is 0 Å². The van der Waals surface area contributed by atoms with E-state index < -0.39 is 11.4 Å². The zero-order valence-electron chi connectivity index (χ0n) is 12.9. The fourth-order valence-electron chi connectivity index (χ4n) is 3.12. The predicted molar refractivity (Wildman–Crippen MR) is 84.0 cm³/mol. The number of methoxy groups -OCH3 is 1. The molecule has 21 heavy (non-hydrogen) atoms. The van der Waals surface area contributed by atoms with Crippen LogP contribution in [0.5, 0.6) is 5.75 Å². The topological polar surface area (TPSA) is 46.5 Å². The Hall–Kier alpha value is -1.22. The second-order valence-electron chi connectivity index (χ2n) is 6.88. The SMILES string of the molecule is COc1ccc(Cl)cc1CC1(C(=O)O)CCC(C)(C)CC1. The molecule has 0 heterocycles. The van der Waals surface area contributed by atoms with Gasteiger partial charge in [0.1, 0.15) is 5.75 Å². The number of ether oxygens (including phenoxy) is 1. The Morgan fingerprint density at radius 2 is 1.90 bits per heavy atom. The van der Waals surface area contributed by atoms with Crippen molar-refractivity contribution in [1.82, 2.24) is 0 Å². The minimum Gasteiger partial charge on any atom is -0.496 e. The average Bonchev–Trinajstić information content (AvgIpc) is 2.41. The molecule has 1 aromatic carbocycles. The van der Waals surface area contributed by atoms with Crippen molar-refractivity contribution >= 4 is 17.6 Å². The summed E-state index contributed by atoms with van der Waals surface area (Å²) in [5, 5.41) is 10.4. The van der Waals surface area contributed by atoms with E-state index in [4.69, 9.17) is 16.3 Å². The third kappa shape index (κ3) is 3.52. The molecule has 0 aliphatic heterocycles. The Kier molecular flexibility index (Phi) is 4.52. The molecule has 0 saturated heterocycles. The van der Waals surface area contributed by atoms with E-state index in [0.29, 0.717) is 30.0 Å². The van der Waals surface area contributed by atoms with Crippen molar-refractivity contribution in [1.29, 1.82) is 0 Å². The number of hydrogen-bond donors (Lipinski definition) is 1. The van der Waals surface area contributed by atoms with Crippen LogP contribution in [0.2, 0.25) is 5.02 Å². The lowest BCUT2D eigenvalue weighted by Crippen LogP contribution is -2.39. The number of carbonyl (C=O) groups is 1. The largest absolute Gasteiger partial charge is 0.496 e. The molecule has 0 amide bonds. The van der Waals surface area contributed by atoms with Crippen LogP contribution in [0, 0.1) is 10.8 Å². The van der Waals surface area contributed by atoms with Crippen LogP contribution < -0.4 is 4.74 Å². The van der Waals surface area contributed by atoms with Crippen molar-refractivity contribution in [2.75, 3.05) is 7.11 Å². The summed E-state index contributed by atoms with van der Waals surface area (Å²) < 4.78 is 5.36. The van der Waals surface area contributed by atoms with Crippen molar-refractivity contribution in [3.8, 4) is 5.75 Å². The molecule has 116 valence electrons. The number of hydrogen-bond acceptors (Lipinski definition) is 2. The van der Waals surface area contributed by atoms with Gasteiger partial charge in [0.05, 0.1) is 12.5 Å². The molecule has 1 N–H and O–H groups in total. The first-order valence-corrected chi connectivity index (χ1v) is 7.72. The van der Waals surface area contributed by atoms with Gasteiger partial charge < -0.3 is 9.84 Å². The average molecular weight is 311 g/mol. The highest BCUT2D eigenvalue weighted by atomic mass is 35.5. The van der Waals surface area contributed by atoms with Gasteiger partial charge in [0, 0.05) is 5.02 Å². The molecule has 1 fully saturated rings. The molecule has 1 aliphatic carbocycles. The lowest BCUT2D eigenvalue weighted by Gasteiger charge is -2.41. The maximum absolute atomic E-state index is 11.9. The Morgan fingerprint density at radius 3 is 2.43 bits per heavy atom. The Bertz CT molecular complexity index is 527. The Labute approximate surface area is 131 Å². The summed E-state index contributed by atoms with van der Waals surface area (Å²) >= 11 is 6.06. The van der Waals surface area contributed by atoms with E-state index in [-0.39, 0.29) is 5.41 Å². The van der Waals surface area contributed by atoms with Crippen LogP contribution in [-0.2, 0) is 11.2 Å². The molecule has 0 spiro atoms. The van der Waals surface area contributed by atoms with E-state index in [1.54, 1.807) is 19.2 Å². The van der Waals surface area contributed by atoms with E-state index in [0.717, 1.165) is 18.4 Å². The van der Waals surface area contributed by atoms with Gasteiger partial charge in [0.15, 0.2) is 0 Å². The van der Waals surface area contributed by atoms with Crippen LogP contribution >= 0.6 is 11.6 Å². The summed E-state index contributed by atoms with van der Waals surface area (Å²) in [6, 6.07) is 5.39. The van der Waals surface area contributed by atoms with E-state index in [1.807, 2.05) is 6.07 Å². The van der Waals surface area contributed by atoms with Gasteiger partial charge in [-0.1, -0.05) is 25.4 Å². The van der Waals surface area contributed by atoms with Crippen LogP contribution in [-0.4, -0.2) is 18.2 Å². The second-order valence-corrected chi connectivity index (χ2v) is 7.32. The third-order valence-electron chi connectivity index (χ3n) is 4.79. The Balaban J connectivity index is 2.30. The van der Waals surface area contributed by atoms with E-state index in [2.05, 4.69) is 13.8 Å². The summed E-state index contributed by atoms with van der Waals surface area (Å²) in [4.78, 5) is 11.9. The number of carboxylic acid groups (broad SMARTS) is 1. The number of benzene rings is 1. The van der Waals surface area contributed by atoms with E-state index >= 15 is 0 Å². The maximum atomic E-state index is 11.9. The third-order valence-corrected chi connectivity index (χ3v) is 5.02. The maximum Gasteiger partial charge on any atom is 0.309 e. The molecule has 0 radical (unpaired) electrons. The monoisotopic (exact) mass is 310 g/mol. The summed E-state index contributed by atoms with van der Waals surface area (Å²) in [5.41, 5.74) is 0.414. The molecule has 1 aromatic rings. The molecule has 1 aliphatic rings. The minimum absolute atomic E-state index is 0.234. The van der Waals surface area contributed by atoms with Crippen LogP contribution in [0.1, 0.15) is 45.1 Å². The molecule has 0 aromatic heterocycles. The number of rotatable bonds is 4. The van der Waals surface area contributed by atoms with Gasteiger partial charge in [-0.3, -0.25) is 4.79 Å². The summed E-state index contributed by atoms with van der Waals surface area (Å²) in [6.45, 7) is 4.41. The van der Waals surface area contributed by atoms with E-state index in [9.17, 15) is 9.90 Å². The summed E-state index contributed by atoms with van der Waals surface area (Å²) in [5.74, 6) is 0.00453. The molecule has 0 atom stereocenters. The molecule has 0 unspecified atom stereocenters. The van der Waals surface area contributed by atoms with Crippen molar-refractivity contribution in [3.05, 3.63) is 28.8 Å². The van der Waals surface area contributed by atoms with Crippen LogP contribution in [0.25, 0.3) is 0 Å². The standard InChI is InChI=1S/C17H23ClO3/c1-16(2)6-8-17(9-7-16,15(19)20)11-12-10-13(18)4-5-14(12)21-3/h4-5,10H,6-9,11H2,1-3H3,(H,19,20). The zero-order valence-corrected chi connectivity index (χ0v) is 13.7. The van der Waals surface area contributed by atoms with Crippen LogP contribution in [0.3, 0.4) is 0 Å². The smallest absolute Gasteiger partial charge is 0.309 e. The molecular formula is C17H23ClO3. The molecule has 0 bridgehead atoms. The summed E-state index contributed by atoms with van der Waals surface area (Å²) in [6.07, 6.45) is 3.74. The van der Waals surface area contributed by atoms with Gasteiger partial charge in [-0.15, -0.1) is 0 Å². The lowest BCUT2D eigenvalue weighted by atomic mass is 9.63. The highest BCUT2D eigenvalue weighted by molar-refractivity contribution is 6.30. The van der Waals surface area contributed by atoms with Crippen molar-refractivity contribution in [3.63, 3.8) is 0 Å². The highest BCUT2D eigenvalue weighted by Gasteiger charge is 2.44. The highest BCUT2D eigenvalue weighted by Crippen LogP contribution is 2.47. The normalized spacial score (nSPS) is 20.0. The first-order valence-electron chi connectivity index (χ1n) is 7.34. The molecule has 4 heteroatoms. The quantitative estimate of drug-likeness (QED) is 0.886. The Morgan fingerprint density at radius 1 is 1.29 bits per heavy atom. The summed E-state index contributed by atoms with van der Waals surface area (Å²) in [7, 11) is 1.60. The van der Waals surface area contributed by atoms with Gasteiger partial charge in [-0.25, -0.2) is 0 Å². The number of halogens is 1. The number of carboxylic acids is 1. The van der Waals surface area contributed by atoms with Crippen molar-refractivity contribution < 1.29 is 14.6 Å². The zero-order chi connectivity index (χ0) is 15.7. The van der Waals surface area contributed by atoms with Gasteiger partial charge in [-0.05, 0) is 61.3 Å². The fraction of sp³-hybridized carbons (Fsp3) is 0.588. The van der Waals surface area contributed by atoms with Gasteiger partial charge in [0.25, 0.3) is 0 Å². The first-order chi connectivity index (χ1) is 9.78.